The van der Waals surface area contributed by atoms with Gasteiger partial charge >= 0.3 is 10.1 Å². The van der Waals surface area contributed by atoms with Gasteiger partial charge in [-0.15, -0.1) is 11.3 Å². The maximum atomic E-state index is 13.0. The molecule has 0 spiro atoms. The third-order valence-electron chi connectivity index (χ3n) is 5.75. The first-order chi connectivity index (χ1) is 16.0. The maximum Gasteiger partial charge on any atom is 0.304 e. The van der Waals surface area contributed by atoms with E-state index in [9.17, 15) is 17.8 Å². The zero-order valence-corrected chi connectivity index (χ0v) is 21.3. The molecule has 0 aliphatic rings. The summed E-state index contributed by atoms with van der Waals surface area (Å²) in [5.74, 6) is 0. The SMILES string of the molecule is COCc1cc(Cn2c(=O)cc(C)c3c(C)nc(C)cc32)ccc1-c1cc(C)sc1S(=O)(=O)O. The van der Waals surface area contributed by atoms with E-state index in [2.05, 4.69) is 4.98 Å². The van der Waals surface area contributed by atoms with Crippen LogP contribution in [0.15, 0.2) is 45.4 Å². The second kappa shape index (κ2) is 9.07. The first kappa shape index (κ1) is 24.3. The molecule has 7 nitrogen and oxygen atoms in total. The molecule has 3 heterocycles. The van der Waals surface area contributed by atoms with E-state index >= 15 is 0 Å². The van der Waals surface area contributed by atoms with Crippen molar-refractivity contribution in [2.24, 2.45) is 0 Å². The van der Waals surface area contributed by atoms with Gasteiger partial charge in [-0.3, -0.25) is 14.3 Å². The van der Waals surface area contributed by atoms with Crippen molar-refractivity contribution in [2.75, 3.05) is 7.11 Å². The Morgan fingerprint density at radius 2 is 1.79 bits per heavy atom. The van der Waals surface area contributed by atoms with E-state index in [0.29, 0.717) is 17.7 Å². The Morgan fingerprint density at radius 3 is 2.47 bits per heavy atom. The van der Waals surface area contributed by atoms with E-state index < -0.39 is 10.1 Å². The number of methoxy groups -OCH3 is 1. The molecule has 4 rings (SSSR count). The minimum atomic E-state index is -4.37. The molecule has 178 valence electrons. The Hall–Kier alpha value is -2.85. The van der Waals surface area contributed by atoms with Crippen molar-refractivity contribution in [2.45, 2.75) is 45.1 Å². The zero-order valence-electron chi connectivity index (χ0n) is 19.7. The zero-order chi connectivity index (χ0) is 24.8. The number of aromatic nitrogens is 2. The summed E-state index contributed by atoms with van der Waals surface area (Å²) in [6.07, 6.45) is 0. The fourth-order valence-electron chi connectivity index (χ4n) is 4.46. The molecule has 3 aromatic heterocycles. The first-order valence-electron chi connectivity index (χ1n) is 10.7. The van der Waals surface area contributed by atoms with Crippen LogP contribution in [0.5, 0.6) is 0 Å². The fraction of sp³-hybridized carbons (Fsp3) is 0.280. The second-order valence-corrected chi connectivity index (χ2v) is 11.3. The van der Waals surface area contributed by atoms with E-state index in [4.69, 9.17) is 4.74 Å². The molecular weight excluding hydrogens is 472 g/mol. The van der Waals surface area contributed by atoms with Crippen LogP contribution in [-0.2, 0) is 28.0 Å². The highest BCUT2D eigenvalue weighted by molar-refractivity contribution is 7.88. The Bertz CT molecular complexity index is 1580. The van der Waals surface area contributed by atoms with Crippen LogP contribution in [-0.4, -0.2) is 29.6 Å². The van der Waals surface area contributed by atoms with Gasteiger partial charge in [-0.1, -0.05) is 18.2 Å². The first-order valence-corrected chi connectivity index (χ1v) is 12.9. The van der Waals surface area contributed by atoms with Gasteiger partial charge in [0.2, 0.25) is 0 Å². The number of ether oxygens (including phenoxy) is 1. The van der Waals surface area contributed by atoms with Crippen molar-refractivity contribution in [3.8, 4) is 11.1 Å². The van der Waals surface area contributed by atoms with Gasteiger partial charge in [0.25, 0.3) is 5.56 Å². The average Bonchev–Trinajstić information content (AvgIpc) is 3.13. The molecule has 1 aromatic carbocycles. The van der Waals surface area contributed by atoms with Crippen LogP contribution in [0.4, 0.5) is 0 Å². The molecule has 0 radical (unpaired) electrons. The molecule has 9 heteroatoms. The highest BCUT2D eigenvalue weighted by Crippen LogP contribution is 2.37. The molecule has 0 aliphatic carbocycles. The molecule has 0 atom stereocenters. The molecule has 0 saturated carbocycles. The van der Waals surface area contributed by atoms with Crippen LogP contribution in [0.1, 0.15) is 33.0 Å². The van der Waals surface area contributed by atoms with Crippen LogP contribution < -0.4 is 5.56 Å². The lowest BCUT2D eigenvalue weighted by Crippen LogP contribution is -2.21. The number of rotatable bonds is 6. The summed E-state index contributed by atoms with van der Waals surface area (Å²) in [5.41, 5.74) is 6.08. The standard InChI is InChI=1S/C25H26N2O5S2/c1-14-8-23(28)27(22-9-15(2)26-17(4)24(14)22)12-18-6-7-20(19(11-18)13-32-5)21-10-16(3)33-25(21)34(29,30)31/h6-11H,12-13H2,1-5H3,(H,29,30,31). The van der Waals surface area contributed by atoms with Gasteiger partial charge in [0.1, 0.15) is 0 Å². The summed E-state index contributed by atoms with van der Waals surface area (Å²) < 4.78 is 40.7. The summed E-state index contributed by atoms with van der Waals surface area (Å²) in [7, 11) is -2.80. The Kier molecular flexibility index (Phi) is 6.48. The molecule has 0 amide bonds. The summed E-state index contributed by atoms with van der Waals surface area (Å²) in [4.78, 5) is 18.3. The lowest BCUT2D eigenvalue weighted by Gasteiger charge is -2.16. The molecule has 0 aliphatic heterocycles. The summed E-state index contributed by atoms with van der Waals surface area (Å²) in [5, 5.41) is 0.963. The average molecular weight is 499 g/mol. The van der Waals surface area contributed by atoms with Gasteiger partial charge in [-0.25, -0.2) is 0 Å². The molecule has 0 bridgehead atoms. The van der Waals surface area contributed by atoms with Crippen LogP contribution >= 0.6 is 11.3 Å². The van der Waals surface area contributed by atoms with Gasteiger partial charge < -0.3 is 9.30 Å². The van der Waals surface area contributed by atoms with Crippen LogP contribution in [0.2, 0.25) is 0 Å². The number of hydrogen-bond donors (Lipinski definition) is 1. The van der Waals surface area contributed by atoms with E-state index in [-0.39, 0.29) is 16.4 Å². The summed E-state index contributed by atoms with van der Waals surface area (Å²) in [6, 6.07) is 10.9. The number of nitrogens with zero attached hydrogens (tertiary/aromatic N) is 2. The molecular formula is C25H26N2O5S2. The second-order valence-electron chi connectivity index (χ2n) is 8.45. The molecule has 0 fully saturated rings. The Labute approximate surface area is 202 Å². The smallest absolute Gasteiger partial charge is 0.304 e. The molecule has 0 saturated heterocycles. The van der Waals surface area contributed by atoms with Crippen molar-refractivity contribution in [1.82, 2.24) is 9.55 Å². The number of pyridine rings is 2. The van der Waals surface area contributed by atoms with E-state index in [1.165, 1.54) is 0 Å². The topological polar surface area (TPSA) is 98.5 Å². The van der Waals surface area contributed by atoms with Gasteiger partial charge in [0.05, 0.1) is 18.7 Å². The lowest BCUT2D eigenvalue weighted by atomic mass is 9.99. The number of fused-ring (bicyclic) bond motifs is 1. The Morgan fingerprint density at radius 1 is 1.06 bits per heavy atom. The van der Waals surface area contributed by atoms with Crippen LogP contribution in [0.25, 0.3) is 22.0 Å². The Balaban J connectivity index is 1.86. The lowest BCUT2D eigenvalue weighted by molar-refractivity contribution is 0.185. The van der Waals surface area contributed by atoms with Crippen molar-refractivity contribution in [3.05, 3.63) is 79.7 Å². The third kappa shape index (κ3) is 4.56. The molecule has 0 unspecified atom stereocenters. The van der Waals surface area contributed by atoms with Gasteiger partial charge in [-0.2, -0.15) is 8.42 Å². The van der Waals surface area contributed by atoms with Crippen molar-refractivity contribution < 1.29 is 17.7 Å². The number of thiophene rings is 1. The molecule has 34 heavy (non-hydrogen) atoms. The minimum Gasteiger partial charge on any atom is -0.380 e. The van der Waals surface area contributed by atoms with E-state index in [0.717, 1.165) is 55.2 Å². The van der Waals surface area contributed by atoms with Crippen LogP contribution in [0.3, 0.4) is 0 Å². The monoisotopic (exact) mass is 498 g/mol. The van der Waals surface area contributed by atoms with Gasteiger partial charge in [0.15, 0.2) is 4.21 Å². The quantitative estimate of drug-likeness (QED) is 0.384. The van der Waals surface area contributed by atoms with E-state index in [1.54, 1.807) is 30.7 Å². The fourth-order valence-corrected chi connectivity index (χ4v) is 6.47. The number of aryl methyl sites for hydroxylation is 4. The highest BCUT2D eigenvalue weighted by atomic mass is 32.3. The predicted octanol–water partition coefficient (Wildman–Crippen LogP) is 4.80. The third-order valence-corrected chi connectivity index (χ3v) is 8.17. The minimum absolute atomic E-state index is 0.0886. The van der Waals surface area contributed by atoms with Crippen molar-refractivity contribution in [1.29, 1.82) is 0 Å². The normalized spacial score (nSPS) is 11.9. The highest BCUT2D eigenvalue weighted by Gasteiger charge is 2.22. The summed E-state index contributed by atoms with van der Waals surface area (Å²) >= 11 is 1.03. The van der Waals surface area contributed by atoms with Crippen LogP contribution in [0, 0.1) is 27.7 Å². The molecule has 1 N–H and O–H groups in total. The van der Waals surface area contributed by atoms with Gasteiger partial charge in [0, 0.05) is 40.4 Å². The predicted molar refractivity (Wildman–Crippen MR) is 134 cm³/mol. The maximum absolute atomic E-state index is 13.0. The van der Waals surface area contributed by atoms with Crippen molar-refractivity contribution in [3.63, 3.8) is 0 Å². The van der Waals surface area contributed by atoms with E-state index in [1.807, 2.05) is 45.0 Å². The largest absolute Gasteiger partial charge is 0.380 e. The van der Waals surface area contributed by atoms with Crippen molar-refractivity contribution >= 4 is 32.4 Å². The number of hydrogen-bond acceptors (Lipinski definition) is 6. The molecule has 4 aromatic rings. The van der Waals surface area contributed by atoms with Gasteiger partial charge in [-0.05, 0) is 62.1 Å². The number of benzene rings is 1. The summed E-state index contributed by atoms with van der Waals surface area (Å²) in [6.45, 7) is 8.14.